The summed E-state index contributed by atoms with van der Waals surface area (Å²) in [4.78, 5) is 25.7. The summed E-state index contributed by atoms with van der Waals surface area (Å²) in [6, 6.07) is 14.4. The predicted molar refractivity (Wildman–Crippen MR) is 85.5 cm³/mol. The van der Waals surface area contributed by atoms with E-state index in [1.807, 2.05) is 24.3 Å². The highest BCUT2D eigenvalue weighted by atomic mass is 16.5. The third-order valence-electron chi connectivity index (χ3n) is 3.64. The molecule has 0 radical (unpaired) electrons. The number of hydrogen-bond acceptors (Lipinski definition) is 4. The summed E-state index contributed by atoms with van der Waals surface area (Å²) in [7, 11) is 0. The van der Waals surface area contributed by atoms with Gasteiger partial charge < -0.3 is 14.4 Å². The molecule has 23 heavy (non-hydrogen) atoms. The number of anilines is 1. The summed E-state index contributed by atoms with van der Waals surface area (Å²) in [5.41, 5.74) is 2.14. The van der Waals surface area contributed by atoms with Crippen LogP contribution in [0, 0.1) is 0 Å². The van der Waals surface area contributed by atoms with Crippen molar-refractivity contribution in [1.82, 2.24) is 0 Å². The van der Waals surface area contributed by atoms with E-state index in [1.54, 1.807) is 36.1 Å². The number of amides is 1. The lowest BCUT2D eigenvalue weighted by Crippen LogP contribution is -2.32. The van der Waals surface area contributed by atoms with Gasteiger partial charge in [0, 0.05) is 11.3 Å². The molecule has 5 heteroatoms. The first-order valence-electron chi connectivity index (χ1n) is 7.47. The molecule has 0 aliphatic carbocycles. The van der Waals surface area contributed by atoms with Gasteiger partial charge in [-0.3, -0.25) is 4.79 Å². The molecular weight excluding hydrogens is 294 g/mol. The van der Waals surface area contributed by atoms with Crippen molar-refractivity contribution in [3.63, 3.8) is 0 Å². The molecule has 5 nitrogen and oxygen atoms in total. The molecule has 0 saturated heterocycles. The van der Waals surface area contributed by atoms with Crippen molar-refractivity contribution in [3.05, 3.63) is 59.7 Å². The van der Waals surface area contributed by atoms with Crippen LogP contribution >= 0.6 is 0 Å². The number of hydrogen-bond donors (Lipinski definition) is 0. The van der Waals surface area contributed by atoms with Crippen molar-refractivity contribution < 1.29 is 19.1 Å². The van der Waals surface area contributed by atoms with E-state index in [9.17, 15) is 9.59 Å². The first-order chi connectivity index (χ1) is 11.2. The molecule has 2 aromatic rings. The molecule has 0 unspecified atom stereocenters. The molecule has 0 aromatic heterocycles. The number of para-hydroxylation sites is 1. The third kappa shape index (κ3) is 3.18. The van der Waals surface area contributed by atoms with E-state index in [1.165, 1.54) is 0 Å². The van der Waals surface area contributed by atoms with Crippen LogP contribution in [-0.4, -0.2) is 25.1 Å². The third-order valence-corrected chi connectivity index (χ3v) is 3.64. The highest BCUT2D eigenvalue weighted by Gasteiger charge is 2.22. The number of esters is 1. The maximum absolute atomic E-state index is 12.3. The van der Waals surface area contributed by atoms with Gasteiger partial charge in [0.1, 0.15) is 5.75 Å². The minimum Gasteiger partial charge on any atom is -0.483 e. The van der Waals surface area contributed by atoms with Crippen LogP contribution in [0.1, 0.15) is 22.8 Å². The Bertz CT molecular complexity index is 724. The van der Waals surface area contributed by atoms with Crippen molar-refractivity contribution in [2.45, 2.75) is 13.5 Å². The lowest BCUT2D eigenvalue weighted by Gasteiger charge is -2.20. The van der Waals surface area contributed by atoms with Gasteiger partial charge in [0.05, 0.1) is 18.7 Å². The number of benzene rings is 2. The van der Waals surface area contributed by atoms with Gasteiger partial charge >= 0.3 is 5.97 Å². The quantitative estimate of drug-likeness (QED) is 0.818. The van der Waals surface area contributed by atoms with Gasteiger partial charge in [-0.05, 0) is 37.3 Å². The monoisotopic (exact) mass is 311 g/mol. The first kappa shape index (κ1) is 15.1. The maximum Gasteiger partial charge on any atom is 0.338 e. The van der Waals surface area contributed by atoms with Gasteiger partial charge in [-0.25, -0.2) is 4.79 Å². The van der Waals surface area contributed by atoms with Crippen molar-refractivity contribution in [2.75, 3.05) is 18.1 Å². The smallest absolute Gasteiger partial charge is 0.338 e. The molecule has 0 saturated carbocycles. The maximum atomic E-state index is 12.3. The predicted octanol–water partition coefficient (Wildman–Crippen LogP) is 2.79. The average Bonchev–Trinajstić information content (AvgIpc) is 2.75. The zero-order chi connectivity index (χ0) is 16.2. The standard InChI is InChI=1S/C18H17NO4/c1-2-22-18(21)13-7-9-15(10-8-13)19-11-14-5-3-4-6-16(14)23-12-17(19)20/h3-10H,2,11-12H2,1H3. The van der Waals surface area contributed by atoms with Gasteiger partial charge in [-0.1, -0.05) is 18.2 Å². The van der Waals surface area contributed by atoms with Crippen LogP contribution in [-0.2, 0) is 16.1 Å². The number of carbonyl (C=O) groups excluding carboxylic acids is 2. The molecule has 1 aliphatic heterocycles. The Labute approximate surface area is 134 Å². The Morgan fingerprint density at radius 3 is 2.65 bits per heavy atom. The summed E-state index contributed by atoms with van der Waals surface area (Å²) < 4.78 is 10.5. The number of nitrogens with zero attached hydrogens (tertiary/aromatic N) is 1. The molecule has 1 amide bonds. The number of fused-ring (bicyclic) bond motifs is 1. The molecule has 0 bridgehead atoms. The summed E-state index contributed by atoms with van der Waals surface area (Å²) >= 11 is 0. The highest BCUT2D eigenvalue weighted by Crippen LogP contribution is 2.26. The Kier molecular flexibility index (Phi) is 4.28. The molecule has 2 aromatic carbocycles. The minimum absolute atomic E-state index is 0.00333. The van der Waals surface area contributed by atoms with E-state index >= 15 is 0 Å². The van der Waals surface area contributed by atoms with Crippen molar-refractivity contribution >= 4 is 17.6 Å². The van der Waals surface area contributed by atoms with Crippen LogP contribution < -0.4 is 9.64 Å². The van der Waals surface area contributed by atoms with E-state index in [0.29, 0.717) is 18.7 Å². The molecular formula is C18H17NO4. The van der Waals surface area contributed by atoms with Crippen LogP contribution in [0.4, 0.5) is 5.69 Å². The normalized spacial score (nSPS) is 13.8. The van der Waals surface area contributed by atoms with Crippen LogP contribution in [0.25, 0.3) is 0 Å². The summed E-state index contributed by atoms with van der Waals surface area (Å²) in [5, 5.41) is 0. The van der Waals surface area contributed by atoms with Crippen molar-refractivity contribution in [2.24, 2.45) is 0 Å². The Hall–Kier alpha value is -2.82. The minimum atomic E-state index is -0.366. The molecule has 1 aliphatic rings. The molecule has 118 valence electrons. The molecule has 3 rings (SSSR count). The van der Waals surface area contributed by atoms with E-state index in [2.05, 4.69) is 0 Å². The number of ether oxygens (including phenoxy) is 2. The van der Waals surface area contributed by atoms with Gasteiger partial charge in [-0.2, -0.15) is 0 Å². The lowest BCUT2D eigenvalue weighted by molar-refractivity contribution is -0.120. The van der Waals surface area contributed by atoms with E-state index in [4.69, 9.17) is 9.47 Å². The topological polar surface area (TPSA) is 55.8 Å². The lowest BCUT2D eigenvalue weighted by atomic mass is 10.1. The van der Waals surface area contributed by atoms with Crippen LogP contribution in [0.3, 0.4) is 0 Å². The second-order valence-corrected chi connectivity index (χ2v) is 5.14. The van der Waals surface area contributed by atoms with Gasteiger partial charge in [-0.15, -0.1) is 0 Å². The zero-order valence-electron chi connectivity index (χ0n) is 12.8. The van der Waals surface area contributed by atoms with Gasteiger partial charge in [0.2, 0.25) is 0 Å². The fraction of sp³-hybridized carbons (Fsp3) is 0.222. The highest BCUT2D eigenvalue weighted by molar-refractivity contribution is 5.96. The molecule has 1 heterocycles. The second-order valence-electron chi connectivity index (χ2n) is 5.14. The summed E-state index contributed by atoms with van der Waals surface area (Å²) in [6.45, 7) is 2.53. The summed E-state index contributed by atoms with van der Waals surface area (Å²) in [6.07, 6.45) is 0. The van der Waals surface area contributed by atoms with Gasteiger partial charge in [0.15, 0.2) is 6.61 Å². The molecule has 0 N–H and O–H groups in total. The average molecular weight is 311 g/mol. The van der Waals surface area contributed by atoms with E-state index < -0.39 is 0 Å². The SMILES string of the molecule is CCOC(=O)c1ccc(N2Cc3ccccc3OCC2=O)cc1. The number of rotatable bonds is 3. The Balaban J connectivity index is 1.85. The Morgan fingerprint density at radius 1 is 1.17 bits per heavy atom. The molecule has 0 fully saturated rings. The zero-order valence-corrected chi connectivity index (χ0v) is 12.8. The molecule has 0 spiro atoms. The fourth-order valence-corrected chi connectivity index (χ4v) is 2.48. The first-order valence-corrected chi connectivity index (χ1v) is 7.47. The largest absolute Gasteiger partial charge is 0.483 e. The summed E-state index contributed by atoms with van der Waals surface area (Å²) in [5.74, 6) is 0.242. The Morgan fingerprint density at radius 2 is 1.91 bits per heavy atom. The fourth-order valence-electron chi connectivity index (χ4n) is 2.48. The van der Waals surface area contributed by atoms with Crippen molar-refractivity contribution in [1.29, 1.82) is 0 Å². The second kappa shape index (κ2) is 6.52. The van der Waals surface area contributed by atoms with Crippen LogP contribution in [0.15, 0.2) is 48.5 Å². The van der Waals surface area contributed by atoms with Gasteiger partial charge in [0.25, 0.3) is 5.91 Å². The number of carbonyl (C=O) groups is 2. The molecule has 0 atom stereocenters. The van der Waals surface area contributed by atoms with E-state index in [-0.39, 0.29) is 18.5 Å². The van der Waals surface area contributed by atoms with Crippen LogP contribution in [0.2, 0.25) is 0 Å². The van der Waals surface area contributed by atoms with E-state index in [0.717, 1.165) is 17.0 Å². The van der Waals surface area contributed by atoms with Crippen LogP contribution in [0.5, 0.6) is 5.75 Å². The van der Waals surface area contributed by atoms with Crippen molar-refractivity contribution in [3.8, 4) is 5.75 Å².